The van der Waals surface area contributed by atoms with Gasteiger partial charge in [0.15, 0.2) is 5.41 Å². The number of fused-ring (bicyclic) bond motifs is 1. The highest BCUT2D eigenvalue weighted by molar-refractivity contribution is 5.69. The molecule has 1 aliphatic heterocycles. The predicted octanol–water partition coefficient (Wildman–Crippen LogP) is 3.76. The van der Waals surface area contributed by atoms with Gasteiger partial charge in [-0.05, 0) is 17.2 Å². The second kappa shape index (κ2) is 9.63. The first-order chi connectivity index (χ1) is 17.0. The first-order valence-electron chi connectivity index (χ1n) is 11.0. The number of allylic oxidation sites excluding steroid dienone is 2. The van der Waals surface area contributed by atoms with Crippen molar-refractivity contribution < 1.29 is 14.3 Å². The van der Waals surface area contributed by atoms with Crippen LogP contribution in [0.25, 0.3) is 0 Å². The molecule has 0 saturated heterocycles. The second-order valence-corrected chi connectivity index (χ2v) is 8.36. The zero-order valence-electron chi connectivity index (χ0n) is 19.1. The quantitative estimate of drug-likeness (QED) is 0.726. The van der Waals surface area contributed by atoms with Crippen molar-refractivity contribution in [2.45, 2.75) is 12.5 Å². The van der Waals surface area contributed by atoms with Gasteiger partial charge in [0.1, 0.15) is 18.4 Å². The molecule has 1 aliphatic carbocycles. The summed E-state index contributed by atoms with van der Waals surface area (Å²) in [5.74, 6) is -0.837. The summed E-state index contributed by atoms with van der Waals surface area (Å²) in [6, 6.07) is 22.7. The zero-order valence-corrected chi connectivity index (χ0v) is 19.1. The lowest BCUT2D eigenvalue weighted by Crippen LogP contribution is -2.49. The van der Waals surface area contributed by atoms with Crippen LogP contribution in [0.4, 0.5) is 4.79 Å². The van der Waals surface area contributed by atoms with Crippen molar-refractivity contribution >= 4 is 6.09 Å². The normalized spacial score (nSPS) is 20.4. The number of para-hydroxylation sites is 1. The van der Waals surface area contributed by atoms with E-state index in [0.29, 0.717) is 16.9 Å². The van der Waals surface area contributed by atoms with E-state index in [4.69, 9.17) is 15.2 Å². The molecule has 1 amide bonds. The fraction of sp³-hybridized carbons (Fsp3) is 0.259. The highest BCUT2D eigenvalue weighted by Gasteiger charge is 2.55. The monoisotopic (exact) mass is 465 g/mol. The molecule has 1 heterocycles. The van der Waals surface area contributed by atoms with Crippen LogP contribution in [0.15, 0.2) is 77.5 Å². The molecule has 8 heteroatoms. The maximum Gasteiger partial charge on any atom is 0.410 e. The van der Waals surface area contributed by atoms with Crippen molar-refractivity contribution in [3.8, 4) is 24.0 Å². The van der Waals surface area contributed by atoms with Gasteiger partial charge in [-0.1, -0.05) is 54.6 Å². The van der Waals surface area contributed by atoms with Crippen molar-refractivity contribution in [2.24, 2.45) is 17.1 Å². The molecule has 0 unspecified atom stereocenters. The summed E-state index contributed by atoms with van der Waals surface area (Å²) in [6.45, 7) is 0.471. The molecule has 2 aromatic rings. The Morgan fingerprint density at radius 1 is 1.11 bits per heavy atom. The number of nitriles is 3. The number of nitrogens with zero attached hydrogens (tertiary/aromatic N) is 4. The molecule has 2 atom stereocenters. The van der Waals surface area contributed by atoms with Crippen LogP contribution in [0, 0.1) is 45.3 Å². The summed E-state index contributed by atoms with van der Waals surface area (Å²) in [5.41, 5.74) is 6.64. The number of amides is 1. The summed E-state index contributed by atoms with van der Waals surface area (Å²) in [6.07, 6.45) is 1.23. The lowest BCUT2D eigenvalue weighted by atomic mass is 9.58. The Morgan fingerprint density at radius 2 is 1.80 bits per heavy atom. The highest BCUT2D eigenvalue weighted by Crippen LogP contribution is 2.55. The summed E-state index contributed by atoms with van der Waals surface area (Å²) in [4.78, 5) is 14.5. The Morgan fingerprint density at radius 3 is 2.46 bits per heavy atom. The Labute approximate surface area is 203 Å². The second-order valence-electron chi connectivity index (χ2n) is 8.36. The van der Waals surface area contributed by atoms with Crippen LogP contribution in [-0.2, 0) is 11.3 Å². The minimum atomic E-state index is -1.82. The van der Waals surface area contributed by atoms with Crippen molar-refractivity contribution in [1.29, 1.82) is 15.8 Å². The smallest absolute Gasteiger partial charge is 0.410 e. The van der Waals surface area contributed by atoms with E-state index >= 15 is 0 Å². The van der Waals surface area contributed by atoms with Crippen LogP contribution in [0.3, 0.4) is 0 Å². The van der Waals surface area contributed by atoms with Crippen LogP contribution in [0.5, 0.6) is 5.75 Å². The van der Waals surface area contributed by atoms with E-state index in [1.807, 2.05) is 30.3 Å². The largest absolute Gasteiger partial charge is 0.496 e. The van der Waals surface area contributed by atoms with Crippen LogP contribution in [-0.4, -0.2) is 31.2 Å². The molecule has 4 rings (SSSR count). The molecule has 0 spiro atoms. The van der Waals surface area contributed by atoms with Crippen LogP contribution < -0.4 is 10.5 Å². The Balaban J connectivity index is 1.76. The zero-order chi connectivity index (χ0) is 25.0. The van der Waals surface area contributed by atoms with Crippen LogP contribution in [0.1, 0.15) is 17.0 Å². The van der Waals surface area contributed by atoms with E-state index < -0.39 is 23.3 Å². The lowest BCUT2D eigenvalue weighted by Gasteiger charge is -2.45. The summed E-state index contributed by atoms with van der Waals surface area (Å²) >= 11 is 0. The van der Waals surface area contributed by atoms with Gasteiger partial charge in [0, 0.05) is 30.5 Å². The number of ether oxygens (including phenoxy) is 2. The minimum absolute atomic E-state index is 0.0801. The third-order valence-corrected chi connectivity index (χ3v) is 6.60. The van der Waals surface area contributed by atoms with Gasteiger partial charge in [-0.15, -0.1) is 0 Å². The summed E-state index contributed by atoms with van der Waals surface area (Å²) in [5, 5.41) is 30.4. The van der Waals surface area contributed by atoms with Crippen molar-refractivity contribution in [3.63, 3.8) is 0 Å². The molecule has 2 aliphatic rings. The fourth-order valence-corrected chi connectivity index (χ4v) is 4.91. The summed E-state index contributed by atoms with van der Waals surface area (Å²) in [7, 11) is 1.51. The maximum atomic E-state index is 12.9. The number of carbonyl (C=O) groups is 1. The third-order valence-electron chi connectivity index (χ3n) is 6.60. The van der Waals surface area contributed by atoms with Crippen molar-refractivity contribution in [1.82, 2.24) is 4.90 Å². The molecule has 0 radical (unpaired) electrons. The molecule has 174 valence electrons. The van der Waals surface area contributed by atoms with Gasteiger partial charge in [-0.25, -0.2) is 4.79 Å². The molecular weight excluding hydrogens is 442 g/mol. The van der Waals surface area contributed by atoms with Gasteiger partial charge < -0.3 is 20.1 Å². The van der Waals surface area contributed by atoms with Gasteiger partial charge in [0.25, 0.3) is 0 Å². The highest BCUT2D eigenvalue weighted by atomic mass is 16.6. The number of hydrogen-bond acceptors (Lipinski definition) is 7. The fourth-order valence-electron chi connectivity index (χ4n) is 4.91. The van der Waals surface area contributed by atoms with E-state index in [1.54, 1.807) is 30.3 Å². The van der Waals surface area contributed by atoms with E-state index in [1.165, 1.54) is 12.0 Å². The van der Waals surface area contributed by atoms with Crippen molar-refractivity contribution in [3.05, 3.63) is 88.6 Å². The van der Waals surface area contributed by atoms with E-state index in [9.17, 15) is 20.6 Å². The Bertz CT molecular complexity index is 1310. The number of nitrogens with two attached hydrogens (primary N) is 1. The van der Waals surface area contributed by atoms with Crippen LogP contribution in [0.2, 0.25) is 0 Å². The number of hydrogen-bond donors (Lipinski definition) is 1. The van der Waals surface area contributed by atoms with Gasteiger partial charge in [0.2, 0.25) is 0 Å². The van der Waals surface area contributed by atoms with Crippen molar-refractivity contribution in [2.75, 3.05) is 20.2 Å². The Hall–Kier alpha value is -4.74. The Kier molecular flexibility index (Phi) is 6.44. The molecule has 8 nitrogen and oxygen atoms in total. The van der Waals surface area contributed by atoms with Gasteiger partial charge in [-0.2, -0.15) is 15.8 Å². The number of carbonyl (C=O) groups excluding carboxylic acids is 1. The average Bonchev–Trinajstić information content (AvgIpc) is 2.91. The lowest BCUT2D eigenvalue weighted by molar-refractivity contribution is 0.0897. The number of rotatable bonds is 4. The molecule has 2 aromatic carbocycles. The third kappa shape index (κ3) is 3.94. The average molecular weight is 466 g/mol. The molecule has 35 heavy (non-hydrogen) atoms. The maximum absolute atomic E-state index is 12.9. The predicted molar refractivity (Wildman–Crippen MR) is 126 cm³/mol. The topological polar surface area (TPSA) is 136 Å². The van der Waals surface area contributed by atoms with Gasteiger partial charge in [-0.3, -0.25) is 0 Å². The number of benzene rings is 2. The molecule has 2 N–H and O–H groups in total. The van der Waals surface area contributed by atoms with Gasteiger partial charge in [0.05, 0.1) is 30.5 Å². The van der Waals surface area contributed by atoms with Gasteiger partial charge >= 0.3 is 6.09 Å². The van der Waals surface area contributed by atoms with E-state index in [-0.39, 0.29) is 31.0 Å². The van der Waals surface area contributed by atoms with Crippen LogP contribution >= 0.6 is 0 Å². The first-order valence-corrected chi connectivity index (χ1v) is 11.0. The summed E-state index contributed by atoms with van der Waals surface area (Å²) < 4.78 is 11.1. The SMILES string of the molecule is COc1ccccc1[C@@H]1[C@@H]2CN(C(=O)OCc3ccccc3)CC=C2C(C#N)=C(N)C1(C#N)C#N. The molecule has 0 saturated carbocycles. The molecular formula is C27H23N5O3. The van der Waals surface area contributed by atoms with E-state index in [2.05, 4.69) is 18.2 Å². The molecule has 0 bridgehead atoms. The van der Waals surface area contributed by atoms with E-state index in [0.717, 1.165) is 5.56 Å². The first kappa shape index (κ1) is 23.4. The standard InChI is InChI=1S/C27H23N5O3/c1-34-23-10-6-5-9-20(23)24-22-14-32(26(33)35-15-18-7-3-2-4-8-18)12-11-19(22)21(13-28)25(31)27(24,16-29)17-30/h2-11,22,24H,12,14-15,31H2,1H3/t22-,24-/m1/s1. The number of methoxy groups -OCH3 is 1. The minimum Gasteiger partial charge on any atom is -0.496 e. The molecule has 0 fully saturated rings. The molecule has 0 aromatic heterocycles.